The highest BCUT2D eigenvalue weighted by atomic mass is 14.9. The Morgan fingerprint density at radius 3 is 2.00 bits per heavy atom. The number of benzene rings is 1. The molecule has 0 amide bonds. The van der Waals surface area contributed by atoms with Gasteiger partial charge in [0.05, 0.1) is 0 Å². The Kier molecular flexibility index (Phi) is 11.2. The Labute approximate surface area is 132 Å². The van der Waals surface area contributed by atoms with Crippen LogP contribution in [0.25, 0.3) is 0 Å². The predicted molar refractivity (Wildman–Crippen MR) is 94.6 cm³/mol. The largest absolute Gasteiger partial charge is 0.310 e. The maximum absolute atomic E-state index is 3.62. The van der Waals surface area contributed by atoms with Crippen LogP contribution >= 0.6 is 0 Å². The average Bonchev–Trinajstić information content (AvgIpc) is 2.52. The summed E-state index contributed by atoms with van der Waals surface area (Å²) < 4.78 is 0. The Balaban J connectivity index is 1.88. The second kappa shape index (κ2) is 12.9. The van der Waals surface area contributed by atoms with Gasteiger partial charge in [0.15, 0.2) is 0 Å². The third-order valence-corrected chi connectivity index (χ3v) is 4.24. The minimum Gasteiger partial charge on any atom is -0.310 e. The molecule has 1 aromatic carbocycles. The van der Waals surface area contributed by atoms with Crippen LogP contribution in [0.4, 0.5) is 0 Å². The summed E-state index contributed by atoms with van der Waals surface area (Å²) in [6, 6.07) is 11.3. The molecule has 0 unspecified atom stereocenters. The fourth-order valence-electron chi connectivity index (χ4n) is 2.75. The van der Waals surface area contributed by atoms with Crippen LogP contribution in [-0.2, 0) is 6.54 Å². The summed E-state index contributed by atoms with van der Waals surface area (Å²) in [6.45, 7) is 5.60. The first-order valence-corrected chi connectivity index (χ1v) is 9.10. The van der Waals surface area contributed by atoms with E-state index in [1.165, 1.54) is 69.8 Å². The molecular weight excluding hydrogens is 254 g/mol. The topological polar surface area (TPSA) is 12.0 Å². The normalized spacial score (nSPS) is 12.5. The lowest BCUT2D eigenvalue weighted by molar-refractivity contribution is 0.475. The third-order valence-electron chi connectivity index (χ3n) is 4.24. The first-order valence-electron chi connectivity index (χ1n) is 9.10. The lowest BCUT2D eigenvalue weighted by Crippen LogP contribution is -2.25. The summed E-state index contributed by atoms with van der Waals surface area (Å²) in [6.07, 6.45) is 14.1. The minimum atomic E-state index is 0.634. The van der Waals surface area contributed by atoms with E-state index in [1.807, 2.05) is 0 Å². The van der Waals surface area contributed by atoms with Crippen molar-refractivity contribution in [1.29, 1.82) is 0 Å². The van der Waals surface area contributed by atoms with Crippen molar-refractivity contribution in [3.05, 3.63) is 35.9 Å². The van der Waals surface area contributed by atoms with Gasteiger partial charge in [-0.1, -0.05) is 95.0 Å². The second-order valence-corrected chi connectivity index (χ2v) is 6.38. The van der Waals surface area contributed by atoms with Crippen LogP contribution in [0.2, 0.25) is 0 Å². The minimum absolute atomic E-state index is 0.634. The maximum atomic E-state index is 3.62. The van der Waals surface area contributed by atoms with Gasteiger partial charge < -0.3 is 5.32 Å². The van der Waals surface area contributed by atoms with Gasteiger partial charge >= 0.3 is 0 Å². The molecule has 21 heavy (non-hydrogen) atoms. The molecule has 1 N–H and O–H groups in total. The Bertz CT molecular complexity index is 320. The highest BCUT2D eigenvalue weighted by Crippen LogP contribution is 2.11. The molecule has 1 atom stereocenters. The fourth-order valence-corrected chi connectivity index (χ4v) is 2.75. The molecule has 0 spiro atoms. The molecule has 0 aliphatic carbocycles. The van der Waals surface area contributed by atoms with Crippen LogP contribution in [0.15, 0.2) is 30.3 Å². The zero-order valence-electron chi connectivity index (χ0n) is 14.2. The van der Waals surface area contributed by atoms with Crippen LogP contribution in [0, 0.1) is 0 Å². The highest BCUT2D eigenvalue weighted by molar-refractivity contribution is 5.14. The second-order valence-electron chi connectivity index (χ2n) is 6.38. The molecule has 0 heterocycles. The number of rotatable bonds is 13. The van der Waals surface area contributed by atoms with Gasteiger partial charge in [-0.15, -0.1) is 0 Å². The summed E-state index contributed by atoms with van der Waals surface area (Å²) in [5, 5.41) is 3.62. The van der Waals surface area contributed by atoms with Gasteiger partial charge in [0.1, 0.15) is 0 Å². The summed E-state index contributed by atoms with van der Waals surface area (Å²) in [5.74, 6) is 0. The van der Waals surface area contributed by atoms with Crippen molar-refractivity contribution in [2.24, 2.45) is 0 Å². The molecule has 1 aromatic rings. The first-order chi connectivity index (χ1) is 10.3. The van der Waals surface area contributed by atoms with Crippen LogP contribution in [0.3, 0.4) is 0 Å². The molecule has 1 nitrogen and oxygen atoms in total. The quantitative estimate of drug-likeness (QED) is 0.433. The molecule has 0 bridgehead atoms. The Morgan fingerprint density at radius 1 is 0.810 bits per heavy atom. The van der Waals surface area contributed by atoms with Crippen molar-refractivity contribution in [3.8, 4) is 0 Å². The zero-order chi connectivity index (χ0) is 15.2. The molecule has 0 radical (unpaired) electrons. The van der Waals surface area contributed by atoms with Crippen molar-refractivity contribution in [2.45, 2.75) is 90.6 Å². The summed E-state index contributed by atoms with van der Waals surface area (Å²) in [5.41, 5.74) is 1.39. The van der Waals surface area contributed by atoms with E-state index in [-0.39, 0.29) is 0 Å². The van der Waals surface area contributed by atoms with Crippen LogP contribution in [0.5, 0.6) is 0 Å². The third kappa shape index (κ3) is 10.5. The average molecular weight is 290 g/mol. The predicted octanol–water partition coefficient (Wildman–Crippen LogP) is 6.09. The molecule has 0 aliphatic heterocycles. The molecule has 120 valence electrons. The van der Waals surface area contributed by atoms with Gasteiger partial charge in [-0.05, 0) is 18.9 Å². The maximum Gasteiger partial charge on any atom is 0.0207 e. The number of nitrogens with one attached hydrogen (secondary N) is 1. The van der Waals surface area contributed by atoms with E-state index in [0.717, 1.165) is 6.54 Å². The van der Waals surface area contributed by atoms with E-state index >= 15 is 0 Å². The molecule has 0 saturated carbocycles. The van der Waals surface area contributed by atoms with Crippen molar-refractivity contribution in [2.75, 3.05) is 0 Å². The van der Waals surface area contributed by atoms with E-state index in [1.54, 1.807) is 0 Å². The van der Waals surface area contributed by atoms with Crippen molar-refractivity contribution in [3.63, 3.8) is 0 Å². The molecule has 0 fully saturated rings. The molecule has 0 aliphatic rings. The van der Waals surface area contributed by atoms with Crippen molar-refractivity contribution < 1.29 is 0 Å². The highest BCUT2D eigenvalue weighted by Gasteiger charge is 2.01. The van der Waals surface area contributed by atoms with Gasteiger partial charge in [-0.25, -0.2) is 0 Å². The van der Waals surface area contributed by atoms with Crippen molar-refractivity contribution in [1.82, 2.24) is 5.32 Å². The van der Waals surface area contributed by atoms with Gasteiger partial charge in [-0.3, -0.25) is 0 Å². The van der Waals surface area contributed by atoms with E-state index in [4.69, 9.17) is 0 Å². The summed E-state index contributed by atoms with van der Waals surface area (Å²) in [4.78, 5) is 0. The molecule has 0 saturated heterocycles. The Hall–Kier alpha value is -0.820. The SMILES string of the molecule is CCCCCCCCCCC[C@H](C)NCc1ccccc1. The van der Waals surface area contributed by atoms with Crippen LogP contribution < -0.4 is 5.32 Å². The monoisotopic (exact) mass is 289 g/mol. The molecular formula is C20H35N. The Morgan fingerprint density at radius 2 is 1.38 bits per heavy atom. The van der Waals surface area contributed by atoms with Gasteiger partial charge in [0.25, 0.3) is 0 Å². The lowest BCUT2D eigenvalue weighted by atomic mass is 10.0. The first kappa shape index (κ1) is 18.2. The molecule has 1 rings (SSSR count). The number of unbranched alkanes of at least 4 members (excludes halogenated alkanes) is 8. The van der Waals surface area contributed by atoms with Gasteiger partial charge in [0, 0.05) is 12.6 Å². The van der Waals surface area contributed by atoms with Gasteiger partial charge in [0.2, 0.25) is 0 Å². The number of hydrogen-bond acceptors (Lipinski definition) is 1. The summed E-state index contributed by atoms with van der Waals surface area (Å²) >= 11 is 0. The van der Waals surface area contributed by atoms with Crippen LogP contribution in [0.1, 0.15) is 83.6 Å². The van der Waals surface area contributed by atoms with E-state index in [0.29, 0.717) is 6.04 Å². The van der Waals surface area contributed by atoms with Crippen molar-refractivity contribution >= 4 is 0 Å². The smallest absolute Gasteiger partial charge is 0.0207 e. The van der Waals surface area contributed by atoms with E-state index < -0.39 is 0 Å². The fraction of sp³-hybridized carbons (Fsp3) is 0.700. The van der Waals surface area contributed by atoms with Gasteiger partial charge in [-0.2, -0.15) is 0 Å². The molecule has 1 heteroatoms. The summed E-state index contributed by atoms with van der Waals surface area (Å²) in [7, 11) is 0. The lowest BCUT2D eigenvalue weighted by Gasteiger charge is -2.13. The zero-order valence-corrected chi connectivity index (χ0v) is 14.2. The standard InChI is InChI=1S/C20H35N/c1-3-4-5-6-7-8-9-10-12-15-19(2)21-18-20-16-13-11-14-17-20/h11,13-14,16-17,19,21H,3-10,12,15,18H2,1-2H3/t19-/m0/s1. The van der Waals surface area contributed by atoms with E-state index in [2.05, 4.69) is 49.5 Å². The van der Waals surface area contributed by atoms with E-state index in [9.17, 15) is 0 Å². The molecule has 0 aromatic heterocycles. The van der Waals surface area contributed by atoms with Crippen LogP contribution in [-0.4, -0.2) is 6.04 Å². The number of hydrogen-bond donors (Lipinski definition) is 1.